The van der Waals surface area contributed by atoms with Crippen LogP contribution < -0.4 is 4.74 Å². The van der Waals surface area contributed by atoms with Crippen molar-refractivity contribution in [2.24, 2.45) is 0 Å². The largest absolute Gasteiger partial charge is 0.491 e. The molecule has 0 fully saturated rings. The molecule has 0 aliphatic carbocycles. The third kappa shape index (κ3) is 19.9. The SMILES string of the molecule is CC(=O)OCCOCCOCCOCCOCCOCCOCCOc1ccccc1. The highest BCUT2D eigenvalue weighted by Gasteiger charge is 1.96. The minimum absolute atomic E-state index is 0.266. The van der Waals surface area contributed by atoms with Crippen LogP contribution in [0.4, 0.5) is 0 Å². The van der Waals surface area contributed by atoms with Gasteiger partial charge in [0.1, 0.15) is 19.0 Å². The topological polar surface area (TPSA) is 90.9 Å². The summed E-state index contributed by atoms with van der Waals surface area (Å²) in [6.07, 6.45) is 0. The fourth-order valence-corrected chi connectivity index (χ4v) is 2.18. The Morgan fingerprint density at radius 2 is 0.903 bits per heavy atom. The van der Waals surface area contributed by atoms with E-state index in [0.717, 1.165) is 5.75 Å². The van der Waals surface area contributed by atoms with E-state index in [1.807, 2.05) is 30.3 Å². The van der Waals surface area contributed by atoms with Crippen LogP contribution in [-0.4, -0.2) is 98.5 Å². The molecule has 9 heteroatoms. The van der Waals surface area contributed by atoms with Crippen LogP contribution in [0.2, 0.25) is 0 Å². The van der Waals surface area contributed by atoms with Crippen LogP contribution in [0.15, 0.2) is 30.3 Å². The highest BCUT2D eigenvalue weighted by Crippen LogP contribution is 2.07. The molecule has 0 unspecified atom stereocenters. The molecular formula is C22H36O9. The van der Waals surface area contributed by atoms with Crippen molar-refractivity contribution in [1.82, 2.24) is 0 Å². The molecule has 0 amide bonds. The molecule has 0 aliphatic rings. The first-order valence-corrected chi connectivity index (χ1v) is 10.6. The van der Waals surface area contributed by atoms with Crippen molar-refractivity contribution in [3.8, 4) is 5.75 Å². The maximum absolute atomic E-state index is 10.5. The number of hydrogen-bond donors (Lipinski definition) is 0. The molecule has 9 nitrogen and oxygen atoms in total. The summed E-state index contributed by atoms with van der Waals surface area (Å²) in [5.74, 6) is 0.537. The fraction of sp³-hybridized carbons (Fsp3) is 0.682. The van der Waals surface area contributed by atoms with Crippen LogP contribution in [-0.2, 0) is 38.0 Å². The van der Waals surface area contributed by atoms with Crippen molar-refractivity contribution >= 4 is 5.97 Å². The Labute approximate surface area is 184 Å². The number of benzene rings is 1. The summed E-state index contributed by atoms with van der Waals surface area (Å²) in [5.41, 5.74) is 0. The quantitative estimate of drug-likeness (QED) is 0.196. The Kier molecular flexibility index (Phi) is 18.9. The van der Waals surface area contributed by atoms with Crippen molar-refractivity contribution in [3.63, 3.8) is 0 Å². The van der Waals surface area contributed by atoms with Gasteiger partial charge in [0.05, 0.1) is 79.3 Å². The fourth-order valence-electron chi connectivity index (χ4n) is 2.18. The molecule has 1 rings (SSSR count). The lowest BCUT2D eigenvalue weighted by atomic mass is 10.3. The van der Waals surface area contributed by atoms with Crippen molar-refractivity contribution in [2.45, 2.75) is 6.92 Å². The highest BCUT2D eigenvalue weighted by atomic mass is 16.6. The van der Waals surface area contributed by atoms with Gasteiger partial charge in [-0.1, -0.05) is 18.2 Å². The molecule has 1 aromatic carbocycles. The third-order valence-electron chi connectivity index (χ3n) is 3.63. The van der Waals surface area contributed by atoms with E-state index in [1.54, 1.807) is 0 Å². The molecule has 0 aliphatic heterocycles. The van der Waals surface area contributed by atoms with E-state index in [2.05, 4.69) is 0 Å². The lowest BCUT2D eigenvalue weighted by Crippen LogP contribution is -2.15. The zero-order chi connectivity index (χ0) is 22.2. The van der Waals surface area contributed by atoms with E-state index in [9.17, 15) is 4.79 Å². The molecule has 0 radical (unpaired) electrons. The van der Waals surface area contributed by atoms with Crippen molar-refractivity contribution in [1.29, 1.82) is 0 Å². The first kappa shape index (κ1) is 27.3. The predicted octanol–water partition coefficient (Wildman–Crippen LogP) is 1.73. The molecule has 1 aromatic rings. The van der Waals surface area contributed by atoms with E-state index in [4.69, 9.17) is 37.9 Å². The first-order valence-electron chi connectivity index (χ1n) is 10.6. The van der Waals surface area contributed by atoms with Crippen LogP contribution >= 0.6 is 0 Å². The number of rotatable bonds is 22. The maximum Gasteiger partial charge on any atom is 0.302 e. The van der Waals surface area contributed by atoms with Crippen molar-refractivity contribution in [3.05, 3.63) is 30.3 Å². The minimum atomic E-state index is -0.306. The average Bonchev–Trinajstić information content (AvgIpc) is 2.77. The molecule has 0 N–H and O–H groups in total. The van der Waals surface area contributed by atoms with Gasteiger partial charge in [-0.3, -0.25) is 4.79 Å². The van der Waals surface area contributed by atoms with Gasteiger partial charge in [-0.2, -0.15) is 0 Å². The number of para-hydroxylation sites is 1. The van der Waals surface area contributed by atoms with Gasteiger partial charge in [0.25, 0.3) is 0 Å². The van der Waals surface area contributed by atoms with Gasteiger partial charge >= 0.3 is 5.97 Å². The summed E-state index contributed by atoms with van der Waals surface area (Å²) in [4.78, 5) is 10.5. The van der Waals surface area contributed by atoms with Crippen LogP contribution in [0.5, 0.6) is 5.75 Å². The van der Waals surface area contributed by atoms with Crippen LogP contribution in [0.3, 0.4) is 0 Å². The Hall–Kier alpha value is -1.75. The predicted molar refractivity (Wildman–Crippen MR) is 113 cm³/mol. The second-order valence-electron chi connectivity index (χ2n) is 6.18. The highest BCUT2D eigenvalue weighted by molar-refractivity contribution is 5.65. The average molecular weight is 445 g/mol. The molecule has 0 bridgehead atoms. The Balaban J connectivity index is 1.66. The Morgan fingerprint density at radius 3 is 1.29 bits per heavy atom. The Bertz CT molecular complexity index is 513. The lowest BCUT2D eigenvalue weighted by molar-refractivity contribution is -0.142. The van der Waals surface area contributed by atoms with E-state index in [-0.39, 0.29) is 12.6 Å². The van der Waals surface area contributed by atoms with E-state index in [1.165, 1.54) is 6.92 Å². The standard InChI is InChI=1S/C22H36O9/c1-21(23)30-19-17-28-15-13-26-11-9-24-7-8-25-10-12-27-14-16-29-18-20-31-22-5-3-2-4-6-22/h2-6H,7-20H2,1H3. The minimum Gasteiger partial charge on any atom is -0.491 e. The van der Waals surface area contributed by atoms with Crippen LogP contribution in [0, 0.1) is 0 Å². The van der Waals surface area contributed by atoms with Crippen molar-refractivity contribution in [2.75, 3.05) is 92.5 Å². The second kappa shape index (κ2) is 21.5. The molecule has 0 heterocycles. The first-order chi connectivity index (χ1) is 15.3. The van der Waals surface area contributed by atoms with Crippen LogP contribution in [0.25, 0.3) is 0 Å². The molecule has 0 spiro atoms. The Morgan fingerprint density at radius 1 is 0.548 bits per heavy atom. The number of hydrogen-bond acceptors (Lipinski definition) is 9. The summed E-state index contributed by atoms with van der Waals surface area (Å²) in [6.45, 7) is 8.07. The van der Waals surface area contributed by atoms with E-state index in [0.29, 0.717) is 85.9 Å². The monoisotopic (exact) mass is 444 g/mol. The van der Waals surface area contributed by atoms with Gasteiger partial charge in [0.15, 0.2) is 0 Å². The zero-order valence-corrected chi connectivity index (χ0v) is 18.5. The zero-order valence-electron chi connectivity index (χ0n) is 18.5. The van der Waals surface area contributed by atoms with Crippen molar-refractivity contribution < 1.29 is 42.7 Å². The summed E-state index contributed by atoms with van der Waals surface area (Å²) in [6, 6.07) is 9.65. The molecule has 0 saturated heterocycles. The van der Waals surface area contributed by atoms with E-state index >= 15 is 0 Å². The number of esters is 1. The van der Waals surface area contributed by atoms with Crippen LogP contribution in [0.1, 0.15) is 6.92 Å². The van der Waals surface area contributed by atoms with Gasteiger partial charge in [-0.05, 0) is 12.1 Å². The summed E-state index contributed by atoms with van der Waals surface area (Å²) in [7, 11) is 0. The van der Waals surface area contributed by atoms with Gasteiger partial charge in [-0.25, -0.2) is 0 Å². The smallest absolute Gasteiger partial charge is 0.302 e. The molecular weight excluding hydrogens is 408 g/mol. The molecule has 0 aromatic heterocycles. The summed E-state index contributed by atoms with van der Waals surface area (Å²) < 4.78 is 42.5. The summed E-state index contributed by atoms with van der Waals surface area (Å²) >= 11 is 0. The number of carbonyl (C=O) groups excluding carboxylic acids is 1. The second-order valence-corrected chi connectivity index (χ2v) is 6.18. The third-order valence-corrected chi connectivity index (χ3v) is 3.63. The van der Waals surface area contributed by atoms with Gasteiger partial charge in [0, 0.05) is 6.92 Å². The number of ether oxygens (including phenoxy) is 8. The van der Waals surface area contributed by atoms with Gasteiger partial charge < -0.3 is 37.9 Å². The lowest BCUT2D eigenvalue weighted by Gasteiger charge is -2.09. The van der Waals surface area contributed by atoms with Gasteiger partial charge in [0.2, 0.25) is 0 Å². The number of carbonyl (C=O) groups is 1. The molecule has 0 saturated carbocycles. The molecule has 31 heavy (non-hydrogen) atoms. The van der Waals surface area contributed by atoms with Gasteiger partial charge in [-0.15, -0.1) is 0 Å². The van der Waals surface area contributed by atoms with E-state index < -0.39 is 0 Å². The maximum atomic E-state index is 10.5. The normalized spacial score (nSPS) is 10.9. The molecule has 0 atom stereocenters. The molecule has 178 valence electrons. The summed E-state index contributed by atoms with van der Waals surface area (Å²) in [5, 5.41) is 0.